The first-order valence-corrected chi connectivity index (χ1v) is 9.71. The standard InChI is InChI=1S/2C3H7O.3C2H4O2.Ti/c2*1-3(2)4;3*1-2(3)4;/h2*3H,1-2H3;3*1H3,(H,3,4);/q2*-1;;;;+5/p-3. The third-order valence-corrected chi connectivity index (χ3v) is 7.37. The van der Waals surface area contributed by atoms with Gasteiger partial charge in [0.05, 0.1) is 0 Å². The first-order chi connectivity index (χ1) is 9.40. The summed E-state index contributed by atoms with van der Waals surface area (Å²) in [7, 11) is 0. The molecule has 8 nitrogen and oxygen atoms in total. The van der Waals surface area contributed by atoms with E-state index in [0.717, 1.165) is 20.8 Å². The van der Waals surface area contributed by atoms with Gasteiger partial charge in [-0.1, -0.05) is 0 Å². The van der Waals surface area contributed by atoms with Gasteiger partial charge >= 0.3 is 127 Å². The number of rotatable bonds is 7. The van der Waals surface area contributed by atoms with Gasteiger partial charge in [0.25, 0.3) is 0 Å². The normalized spacial score (nSPS) is 13.5. The third-order valence-electron chi connectivity index (χ3n) is 1.79. The van der Waals surface area contributed by atoms with Crippen molar-refractivity contribution in [3.63, 3.8) is 0 Å². The summed E-state index contributed by atoms with van der Waals surface area (Å²) in [5, 5.41) is 0. The monoisotopic (exact) mass is 343 g/mol. The van der Waals surface area contributed by atoms with Crippen LogP contribution in [0.1, 0.15) is 48.5 Å². The van der Waals surface area contributed by atoms with Gasteiger partial charge in [0.2, 0.25) is 0 Å². The maximum absolute atomic E-state index is 11.5. The van der Waals surface area contributed by atoms with Gasteiger partial charge in [0.15, 0.2) is 0 Å². The molecule has 0 radical (unpaired) electrons. The van der Waals surface area contributed by atoms with Crippen molar-refractivity contribution in [2.45, 2.75) is 60.7 Å². The summed E-state index contributed by atoms with van der Waals surface area (Å²) in [6.07, 6.45) is -1.17. The van der Waals surface area contributed by atoms with Gasteiger partial charge in [-0.2, -0.15) is 0 Å². The van der Waals surface area contributed by atoms with Crippen LogP contribution in [0.15, 0.2) is 0 Å². The Balaban J connectivity index is 6.12. The van der Waals surface area contributed by atoms with Crippen LogP contribution in [-0.4, -0.2) is 30.1 Å². The Morgan fingerprint density at radius 1 is 0.667 bits per heavy atom. The average molecular weight is 343 g/mol. The van der Waals surface area contributed by atoms with Gasteiger partial charge in [-0.25, -0.2) is 0 Å². The van der Waals surface area contributed by atoms with Gasteiger partial charge in [0.1, 0.15) is 0 Å². The second kappa shape index (κ2) is 7.35. The van der Waals surface area contributed by atoms with E-state index in [9.17, 15) is 14.4 Å². The van der Waals surface area contributed by atoms with E-state index in [-0.39, 0.29) is 0 Å². The van der Waals surface area contributed by atoms with Crippen LogP contribution in [0.5, 0.6) is 0 Å². The van der Waals surface area contributed by atoms with Crippen molar-refractivity contribution in [1.82, 2.24) is 0 Å². The van der Waals surface area contributed by atoms with E-state index in [0.29, 0.717) is 0 Å². The predicted molar refractivity (Wildman–Crippen MR) is 67.7 cm³/mol. The molecule has 21 heavy (non-hydrogen) atoms. The van der Waals surface area contributed by atoms with Gasteiger partial charge in [0, 0.05) is 0 Å². The van der Waals surface area contributed by atoms with Crippen LogP contribution in [0.3, 0.4) is 0 Å². The molecule has 0 fully saturated rings. The van der Waals surface area contributed by atoms with Crippen molar-refractivity contribution < 1.29 is 48.2 Å². The van der Waals surface area contributed by atoms with Gasteiger partial charge in [-0.3, -0.25) is 0 Å². The second-order valence-electron chi connectivity index (χ2n) is 4.95. The molecular formula is C12H23O8Ti. The Labute approximate surface area is 127 Å². The van der Waals surface area contributed by atoms with Gasteiger partial charge in [-0.05, 0) is 0 Å². The molecule has 9 heteroatoms. The van der Waals surface area contributed by atoms with Crippen LogP contribution in [0.4, 0.5) is 0 Å². The molecule has 0 atom stereocenters. The van der Waals surface area contributed by atoms with Crippen LogP contribution in [-0.2, 0) is 48.2 Å². The number of hydrogen-bond acceptors (Lipinski definition) is 8. The van der Waals surface area contributed by atoms with Crippen molar-refractivity contribution in [2.24, 2.45) is 0 Å². The number of hydrogen-bond donors (Lipinski definition) is 0. The topological polar surface area (TPSA) is 97.4 Å². The molecule has 0 aromatic rings. The van der Waals surface area contributed by atoms with Crippen molar-refractivity contribution in [3.8, 4) is 0 Å². The molecule has 0 rings (SSSR count). The van der Waals surface area contributed by atoms with Gasteiger partial charge < -0.3 is 0 Å². The molecule has 0 bridgehead atoms. The molecular weight excluding hydrogens is 320 g/mol. The summed E-state index contributed by atoms with van der Waals surface area (Å²) in [6, 6.07) is 0. The first-order valence-electron chi connectivity index (χ1n) is 6.53. The van der Waals surface area contributed by atoms with Crippen molar-refractivity contribution in [2.75, 3.05) is 0 Å². The molecule has 0 aromatic carbocycles. The van der Waals surface area contributed by atoms with Crippen LogP contribution >= 0.6 is 0 Å². The first kappa shape index (κ1) is 20.0. The van der Waals surface area contributed by atoms with Crippen LogP contribution in [0.2, 0.25) is 0 Å². The molecule has 0 saturated carbocycles. The molecule has 0 spiro atoms. The molecule has 0 heterocycles. The molecule has 0 aromatic heterocycles. The molecule has 0 aliphatic carbocycles. The summed E-state index contributed by atoms with van der Waals surface area (Å²) >= 11 is -6.04. The summed E-state index contributed by atoms with van der Waals surface area (Å²) in [5.74, 6) is -2.55. The minimum absolute atomic E-state index is 0.584. The minimum atomic E-state index is -6.04. The molecule has 0 aliphatic rings. The summed E-state index contributed by atoms with van der Waals surface area (Å²) in [6.45, 7) is 9.62. The molecule has 0 amide bonds. The van der Waals surface area contributed by atoms with Crippen LogP contribution in [0, 0.1) is 0 Å². The van der Waals surface area contributed by atoms with E-state index in [1.165, 1.54) is 0 Å². The van der Waals surface area contributed by atoms with E-state index in [1.807, 2.05) is 0 Å². The Morgan fingerprint density at radius 2 is 0.905 bits per heavy atom. The number of carbonyl (C=O) groups is 3. The van der Waals surface area contributed by atoms with Crippen LogP contribution < -0.4 is 0 Å². The Kier molecular flexibility index (Phi) is 7.02. The Bertz CT molecular complexity index is 360. The third kappa shape index (κ3) is 6.56. The Hall–Kier alpha value is -0.956. The van der Waals surface area contributed by atoms with Crippen molar-refractivity contribution in [1.29, 1.82) is 0 Å². The molecule has 0 saturated heterocycles. The number of carbonyl (C=O) groups excluding carboxylic acids is 3. The maximum atomic E-state index is 11.5. The van der Waals surface area contributed by atoms with E-state index in [4.69, 9.17) is 16.6 Å². The zero-order valence-corrected chi connectivity index (χ0v) is 15.0. The zero-order valence-electron chi connectivity index (χ0n) is 13.4. The van der Waals surface area contributed by atoms with Crippen molar-refractivity contribution >= 4 is 17.9 Å². The van der Waals surface area contributed by atoms with Gasteiger partial charge in [-0.15, -0.1) is 0 Å². The van der Waals surface area contributed by atoms with Crippen molar-refractivity contribution in [3.05, 3.63) is 0 Å². The quantitative estimate of drug-likeness (QED) is 0.646. The SMILES string of the molecule is CC(=O)[O][Ti]([O]C(C)=O)([O]C(C)=O)([O]C(C)C)[O]C(C)C. The molecule has 123 valence electrons. The fourth-order valence-electron chi connectivity index (χ4n) is 1.71. The zero-order chi connectivity index (χ0) is 16.9. The van der Waals surface area contributed by atoms with E-state index in [1.54, 1.807) is 27.7 Å². The second-order valence-corrected chi connectivity index (χ2v) is 9.24. The molecule has 0 aliphatic heterocycles. The fraction of sp³-hybridized carbons (Fsp3) is 0.750. The predicted octanol–water partition coefficient (Wildman–Crippen LogP) is 1.79. The van der Waals surface area contributed by atoms with E-state index in [2.05, 4.69) is 0 Å². The summed E-state index contributed by atoms with van der Waals surface area (Å²) in [5.41, 5.74) is 0. The molecule has 0 unspecified atom stereocenters. The molecule has 0 N–H and O–H groups in total. The Morgan fingerprint density at radius 3 is 1.05 bits per heavy atom. The fourth-order valence-corrected chi connectivity index (χ4v) is 7.04. The summed E-state index contributed by atoms with van der Waals surface area (Å²) in [4.78, 5) is 34.4. The average Bonchev–Trinajstić information content (AvgIpc) is 2.07. The summed E-state index contributed by atoms with van der Waals surface area (Å²) < 4.78 is 26.3. The van der Waals surface area contributed by atoms with Crippen LogP contribution in [0.25, 0.3) is 0 Å². The van der Waals surface area contributed by atoms with E-state index < -0.39 is 47.4 Å². The van der Waals surface area contributed by atoms with E-state index >= 15 is 0 Å².